The molecule has 1 unspecified atom stereocenters. The molecule has 4 nitrogen and oxygen atoms in total. The van der Waals surface area contributed by atoms with E-state index in [0.29, 0.717) is 12.1 Å². The number of nitrogens with one attached hydrogen (secondary N) is 1. The van der Waals surface area contributed by atoms with Gasteiger partial charge in [0.1, 0.15) is 0 Å². The molecule has 0 aromatic heterocycles. The van der Waals surface area contributed by atoms with Crippen LogP contribution >= 0.6 is 0 Å². The van der Waals surface area contributed by atoms with Gasteiger partial charge in [0.05, 0.1) is 18.8 Å². The summed E-state index contributed by atoms with van der Waals surface area (Å²) in [6.07, 6.45) is -0.622. The predicted octanol–water partition coefficient (Wildman–Crippen LogP) is 1.34. The van der Waals surface area contributed by atoms with Gasteiger partial charge in [0.25, 0.3) is 0 Å². The van der Waals surface area contributed by atoms with Gasteiger partial charge in [-0.2, -0.15) is 0 Å². The summed E-state index contributed by atoms with van der Waals surface area (Å²) < 4.78 is 4.73. The molecule has 0 spiro atoms. The van der Waals surface area contributed by atoms with Gasteiger partial charge in [0.15, 0.2) is 0 Å². The fourth-order valence-electron chi connectivity index (χ4n) is 1.71. The van der Waals surface area contributed by atoms with Crippen LogP contribution in [0.25, 0.3) is 0 Å². The maximum Gasteiger partial charge on any atom is 0.338 e. The second kappa shape index (κ2) is 5.80. The fourth-order valence-corrected chi connectivity index (χ4v) is 1.71. The number of carbonyl (C=O) groups excluding carboxylic acids is 1. The highest BCUT2D eigenvalue weighted by atomic mass is 16.5. The third-order valence-electron chi connectivity index (χ3n) is 2.88. The van der Waals surface area contributed by atoms with E-state index in [1.54, 1.807) is 13.1 Å². The summed E-state index contributed by atoms with van der Waals surface area (Å²) in [6, 6.07) is 3.58. The smallest absolute Gasteiger partial charge is 0.338 e. The quantitative estimate of drug-likeness (QED) is 0.776. The van der Waals surface area contributed by atoms with E-state index in [1.165, 1.54) is 7.11 Å². The number of hydrogen-bond acceptors (Lipinski definition) is 4. The number of ether oxygens (including phenoxy) is 1. The van der Waals surface area contributed by atoms with E-state index in [2.05, 4.69) is 5.32 Å². The first-order valence-corrected chi connectivity index (χ1v) is 5.53. The fraction of sp³-hybridized carbons (Fsp3) is 0.462. The molecule has 0 bridgehead atoms. The van der Waals surface area contributed by atoms with Crippen LogP contribution in [0.3, 0.4) is 0 Å². The maximum atomic E-state index is 11.6. The predicted molar refractivity (Wildman–Crippen MR) is 66.1 cm³/mol. The van der Waals surface area contributed by atoms with Crippen molar-refractivity contribution in [3.8, 4) is 0 Å². The van der Waals surface area contributed by atoms with Gasteiger partial charge in [-0.05, 0) is 43.7 Å². The number of hydrogen-bond donors (Lipinski definition) is 2. The molecule has 0 aliphatic heterocycles. The van der Waals surface area contributed by atoms with Crippen LogP contribution < -0.4 is 5.32 Å². The van der Waals surface area contributed by atoms with E-state index in [4.69, 9.17) is 4.74 Å². The molecule has 1 aromatic carbocycles. The van der Waals surface area contributed by atoms with Gasteiger partial charge in [0, 0.05) is 6.54 Å². The Balaban J connectivity index is 3.18. The van der Waals surface area contributed by atoms with E-state index in [0.717, 1.165) is 16.7 Å². The van der Waals surface area contributed by atoms with E-state index >= 15 is 0 Å². The zero-order chi connectivity index (χ0) is 13.0. The maximum absolute atomic E-state index is 11.6. The normalized spacial score (nSPS) is 12.3. The van der Waals surface area contributed by atoms with Gasteiger partial charge in [-0.3, -0.25) is 0 Å². The first-order chi connectivity index (χ1) is 8.01. The molecule has 0 amide bonds. The summed E-state index contributed by atoms with van der Waals surface area (Å²) in [5.74, 6) is -0.371. The molecule has 0 saturated carbocycles. The zero-order valence-corrected chi connectivity index (χ0v) is 10.7. The second-order valence-corrected chi connectivity index (χ2v) is 4.08. The molecule has 94 valence electrons. The zero-order valence-electron chi connectivity index (χ0n) is 10.7. The lowest BCUT2D eigenvalue weighted by Crippen LogP contribution is -2.17. The largest absolute Gasteiger partial charge is 0.465 e. The second-order valence-electron chi connectivity index (χ2n) is 4.08. The lowest BCUT2D eigenvalue weighted by atomic mass is 9.97. The van der Waals surface area contributed by atoms with Crippen molar-refractivity contribution in [3.05, 3.63) is 34.4 Å². The van der Waals surface area contributed by atoms with Crippen LogP contribution in [0.2, 0.25) is 0 Å². The van der Waals surface area contributed by atoms with Crippen molar-refractivity contribution in [2.45, 2.75) is 20.0 Å². The number of esters is 1. The summed E-state index contributed by atoms with van der Waals surface area (Å²) in [7, 11) is 3.12. The van der Waals surface area contributed by atoms with E-state index in [-0.39, 0.29) is 5.97 Å². The van der Waals surface area contributed by atoms with Crippen LogP contribution in [0.1, 0.15) is 33.2 Å². The lowest BCUT2D eigenvalue weighted by Gasteiger charge is -2.15. The van der Waals surface area contributed by atoms with Gasteiger partial charge >= 0.3 is 5.97 Å². The van der Waals surface area contributed by atoms with Gasteiger partial charge < -0.3 is 15.2 Å². The number of aliphatic hydroxyl groups excluding tert-OH is 1. The monoisotopic (exact) mass is 237 g/mol. The van der Waals surface area contributed by atoms with Crippen LogP contribution in [0, 0.1) is 13.8 Å². The van der Waals surface area contributed by atoms with Crippen molar-refractivity contribution in [3.63, 3.8) is 0 Å². The van der Waals surface area contributed by atoms with E-state index in [1.807, 2.05) is 19.9 Å². The molecular formula is C13H19NO3. The number of aliphatic hydroxyl groups is 1. The Morgan fingerprint density at radius 1 is 1.47 bits per heavy atom. The summed E-state index contributed by atoms with van der Waals surface area (Å²) in [4.78, 5) is 11.6. The summed E-state index contributed by atoms with van der Waals surface area (Å²) in [5, 5.41) is 12.8. The molecule has 17 heavy (non-hydrogen) atoms. The molecule has 0 radical (unpaired) electrons. The first-order valence-electron chi connectivity index (χ1n) is 5.53. The number of aryl methyl sites for hydroxylation is 1. The topological polar surface area (TPSA) is 58.6 Å². The van der Waals surface area contributed by atoms with Crippen LogP contribution in [-0.4, -0.2) is 31.8 Å². The molecule has 2 N–H and O–H groups in total. The van der Waals surface area contributed by atoms with Crippen molar-refractivity contribution >= 4 is 5.97 Å². The van der Waals surface area contributed by atoms with Crippen molar-refractivity contribution in [1.29, 1.82) is 0 Å². The third kappa shape index (κ3) is 3.05. The number of rotatable bonds is 4. The standard InChI is InChI=1S/C13H19NO3/c1-8-5-10(12(15)7-14-3)6-11(9(8)2)13(16)17-4/h5-6,12,14-15H,7H2,1-4H3. The van der Waals surface area contributed by atoms with Gasteiger partial charge in [-0.15, -0.1) is 0 Å². The summed E-state index contributed by atoms with van der Waals surface area (Å²) in [5.41, 5.74) is 3.09. The number of methoxy groups -OCH3 is 1. The number of benzene rings is 1. The number of carbonyl (C=O) groups is 1. The van der Waals surface area contributed by atoms with Crippen molar-refractivity contribution < 1.29 is 14.6 Å². The van der Waals surface area contributed by atoms with E-state index < -0.39 is 6.10 Å². The molecule has 0 saturated heterocycles. The first kappa shape index (κ1) is 13.7. The van der Waals surface area contributed by atoms with E-state index in [9.17, 15) is 9.90 Å². The molecule has 0 heterocycles. The van der Waals surface area contributed by atoms with Crippen molar-refractivity contribution in [2.75, 3.05) is 20.7 Å². The highest BCUT2D eigenvalue weighted by Gasteiger charge is 2.15. The number of likely N-dealkylation sites (N-methyl/N-ethyl adjacent to an activating group) is 1. The highest BCUT2D eigenvalue weighted by molar-refractivity contribution is 5.91. The molecular weight excluding hydrogens is 218 g/mol. The Kier molecular flexibility index (Phi) is 4.66. The summed E-state index contributed by atoms with van der Waals surface area (Å²) in [6.45, 7) is 4.23. The lowest BCUT2D eigenvalue weighted by molar-refractivity contribution is 0.0599. The van der Waals surface area contributed by atoms with Crippen molar-refractivity contribution in [2.24, 2.45) is 0 Å². The summed E-state index contributed by atoms with van der Waals surface area (Å²) >= 11 is 0. The highest BCUT2D eigenvalue weighted by Crippen LogP contribution is 2.21. The molecule has 4 heteroatoms. The molecule has 0 aliphatic carbocycles. The Morgan fingerprint density at radius 2 is 2.12 bits per heavy atom. The van der Waals surface area contributed by atoms with Crippen LogP contribution in [0.4, 0.5) is 0 Å². The van der Waals surface area contributed by atoms with Crippen LogP contribution in [0.15, 0.2) is 12.1 Å². The van der Waals surface area contributed by atoms with Gasteiger partial charge in [-0.1, -0.05) is 6.07 Å². The average molecular weight is 237 g/mol. The molecule has 0 aliphatic rings. The minimum Gasteiger partial charge on any atom is -0.465 e. The minimum atomic E-state index is -0.622. The molecule has 1 atom stereocenters. The molecule has 0 fully saturated rings. The third-order valence-corrected chi connectivity index (χ3v) is 2.88. The average Bonchev–Trinajstić information content (AvgIpc) is 2.31. The van der Waals surface area contributed by atoms with Gasteiger partial charge in [-0.25, -0.2) is 4.79 Å². The Labute approximate surface area is 102 Å². The van der Waals surface area contributed by atoms with Crippen LogP contribution in [0.5, 0.6) is 0 Å². The Morgan fingerprint density at radius 3 is 2.65 bits per heavy atom. The molecule has 1 aromatic rings. The van der Waals surface area contributed by atoms with Crippen LogP contribution in [-0.2, 0) is 4.74 Å². The minimum absolute atomic E-state index is 0.371. The molecule has 1 rings (SSSR count). The van der Waals surface area contributed by atoms with Crippen molar-refractivity contribution in [1.82, 2.24) is 5.32 Å². The SMILES string of the molecule is CNCC(O)c1cc(C)c(C)c(C(=O)OC)c1. The Bertz CT molecular complexity index is 415. The van der Waals surface area contributed by atoms with Gasteiger partial charge in [0.2, 0.25) is 0 Å². The Hall–Kier alpha value is -1.39.